The number of rotatable bonds is 0. The summed E-state index contributed by atoms with van der Waals surface area (Å²) in [5.41, 5.74) is 4.19. The van der Waals surface area contributed by atoms with Gasteiger partial charge in [0.2, 0.25) is 0 Å². The fourth-order valence-corrected chi connectivity index (χ4v) is 1.00. The maximum atomic E-state index is 3.26. The van der Waals surface area contributed by atoms with Gasteiger partial charge in [0.1, 0.15) is 0 Å². The summed E-state index contributed by atoms with van der Waals surface area (Å²) in [6.45, 7) is 6.41. The molecule has 1 heteroatoms. The van der Waals surface area contributed by atoms with Crippen LogP contribution >= 0.6 is 0 Å². The van der Waals surface area contributed by atoms with E-state index in [2.05, 4.69) is 26.8 Å². The van der Waals surface area contributed by atoms with Gasteiger partial charge in [0.25, 0.3) is 0 Å². The summed E-state index contributed by atoms with van der Waals surface area (Å²) in [5, 5.41) is 0. The van der Waals surface area contributed by atoms with Gasteiger partial charge >= 0.3 is 58.2 Å². The first-order chi connectivity index (χ1) is 3.70. The second-order valence-corrected chi connectivity index (χ2v) is 2.49. The summed E-state index contributed by atoms with van der Waals surface area (Å²) in [6, 6.07) is 0. The molecule has 0 fully saturated rings. The third kappa shape index (κ3) is 2.79. The van der Waals surface area contributed by atoms with Crippen LogP contribution in [0.4, 0.5) is 0 Å². The van der Waals surface area contributed by atoms with Gasteiger partial charge in [-0.25, -0.2) is 17.2 Å². The average molecular weight is 193 g/mol. The Bertz CT molecular complexity index is 163. The molecule has 0 heterocycles. The molecule has 9 heavy (non-hydrogen) atoms. The minimum absolute atomic E-state index is 0. The molecule has 0 amide bonds. The van der Waals surface area contributed by atoms with Gasteiger partial charge in [-0.2, -0.15) is 5.57 Å². The van der Waals surface area contributed by atoms with E-state index < -0.39 is 0 Å². The Hall–Kier alpha value is 1.29. The van der Waals surface area contributed by atoms with Crippen LogP contribution in [0.15, 0.2) is 16.7 Å². The van der Waals surface area contributed by atoms with Crippen molar-refractivity contribution in [3.05, 3.63) is 22.8 Å². The predicted octanol–water partition coefficient (Wildman–Crippen LogP) is -0.520. The molecule has 0 bridgehead atoms. The van der Waals surface area contributed by atoms with E-state index >= 15 is 0 Å². The van der Waals surface area contributed by atoms with E-state index in [0.717, 1.165) is 6.42 Å². The topological polar surface area (TPSA) is 0 Å². The summed E-state index contributed by atoms with van der Waals surface area (Å²) in [7, 11) is 0. The van der Waals surface area contributed by atoms with Crippen molar-refractivity contribution in [2.45, 2.75) is 27.2 Å². The van der Waals surface area contributed by atoms with Gasteiger partial charge < -0.3 is 0 Å². The molecule has 44 valence electrons. The molecule has 0 saturated heterocycles. The third-order valence-corrected chi connectivity index (χ3v) is 1.57. The molecular weight excluding hydrogens is 182 g/mol. The van der Waals surface area contributed by atoms with Crippen LogP contribution in [0.5, 0.6) is 0 Å². The minimum Gasteiger partial charge on any atom is -0.250 e. The zero-order chi connectivity index (χ0) is 6.15. The maximum Gasteiger partial charge on any atom is 1.00 e. The van der Waals surface area contributed by atoms with Crippen molar-refractivity contribution in [2.24, 2.45) is 0 Å². The number of hydrogen-bond acceptors (Lipinski definition) is 0. The smallest absolute Gasteiger partial charge is 0.250 e. The van der Waals surface area contributed by atoms with Crippen molar-refractivity contribution >= 4 is 0 Å². The summed E-state index contributed by atoms with van der Waals surface area (Å²) in [4.78, 5) is 0. The van der Waals surface area contributed by atoms with E-state index in [0.29, 0.717) is 0 Å². The number of allylic oxidation sites excluding steroid dienone is 4. The van der Waals surface area contributed by atoms with Gasteiger partial charge in [-0.15, -0.1) is 6.92 Å². The van der Waals surface area contributed by atoms with Gasteiger partial charge in [0, 0.05) is 0 Å². The largest absolute Gasteiger partial charge is 1.00 e. The Balaban J connectivity index is 0.000000640. The van der Waals surface area contributed by atoms with Crippen LogP contribution in [0, 0.1) is 6.08 Å². The fourth-order valence-electron chi connectivity index (χ4n) is 1.00. The monoisotopic (exact) mass is 192 g/mol. The molecule has 1 rings (SSSR count). The van der Waals surface area contributed by atoms with Crippen molar-refractivity contribution < 1.29 is 58.2 Å². The van der Waals surface area contributed by atoms with E-state index in [-0.39, 0.29) is 58.2 Å². The summed E-state index contributed by atoms with van der Waals surface area (Å²) >= 11 is 0. The van der Waals surface area contributed by atoms with E-state index in [1.165, 1.54) is 16.7 Å². The van der Waals surface area contributed by atoms with Crippen molar-refractivity contribution in [1.29, 1.82) is 0 Å². The predicted molar refractivity (Wildman–Crippen MR) is 35.4 cm³/mol. The van der Waals surface area contributed by atoms with Gasteiger partial charge in [-0.3, -0.25) is 0 Å². The summed E-state index contributed by atoms with van der Waals surface area (Å²) < 4.78 is 0. The van der Waals surface area contributed by atoms with Crippen LogP contribution in [0.25, 0.3) is 0 Å². The Labute approximate surface area is 106 Å². The zero-order valence-electron chi connectivity index (χ0n) is 6.71. The van der Waals surface area contributed by atoms with Crippen molar-refractivity contribution in [3.8, 4) is 0 Å². The van der Waals surface area contributed by atoms with Crippen LogP contribution in [-0.4, -0.2) is 0 Å². The Morgan fingerprint density at radius 3 is 1.89 bits per heavy atom. The van der Waals surface area contributed by atoms with Crippen LogP contribution in [0.1, 0.15) is 27.2 Å². The maximum absolute atomic E-state index is 3.26. The number of hydrogen-bond donors (Lipinski definition) is 0. The van der Waals surface area contributed by atoms with E-state index in [1.54, 1.807) is 0 Å². The normalized spacial score (nSPS) is 17.4. The molecule has 1 aliphatic rings. The SMILES string of the molecule is CC1=[C-]C(C)=C(C)C1.[Rb+]. The summed E-state index contributed by atoms with van der Waals surface area (Å²) in [5.74, 6) is 0. The molecule has 1 aliphatic carbocycles. The van der Waals surface area contributed by atoms with E-state index in [9.17, 15) is 0 Å². The minimum atomic E-state index is 0. The van der Waals surface area contributed by atoms with Crippen molar-refractivity contribution in [2.75, 3.05) is 0 Å². The Morgan fingerprint density at radius 2 is 1.78 bits per heavy atom. The second-order valence-electron chi connectivity index (χ2n) is 2.49. The Kier molecular flexibility index (Phi) is 4.83. The molecule has 0 aromatic rings. The van der Waals surface area contributed by atoms with Gasteiger partial charge in [-0.05, 0) is 0 Å². The van der Waals surface area contributed by atoms with Crippen molar-refractivity contribution in [3.63, 3.8) is 0 Å². The molecular formula is C8H11Rb. The molecule has 0 spiro atoms. The van der Waals surface area contributed by atoms with E-state index in [4.69, 9.17) is 0 Å². The van der Waals surface area contributed by atoms with E-state index in [1.807, 2.05) is 0 Å². The van der Waals surface area contributed by atoms with Crippen molar-refractivity contribution in [1.82, 2.24) is 0 Å². The van der Waals surface area contributed by atoms with Crippen LogP contribution < -0.4 is 58.2 Å². The first-order valence-corrected chi connectivity index (χ1v) is 2.96. The molecule has 0 saturated carbocycles. The molecule has 0 N–H and O–H groups in total. The molecule has 0 aliphatic heterocycles. The second kappa shape index (κ2) is 4.22. The molecule has 0 atom stereocenters. The van der Waals surface area contributed by atoms with Crippen LogP contribution in [0.2, 0.25) is 0 Å². The van der Waals surface area contributed by atoms with Crippen LogP contribution in [-0.2, 0) is 0 Å². The molecule has 0 unspecified atom stereocenters. The first-order valence-electron chi connectivity index (χ1n) is 2.96. The first kappa shape index (κ1) is 10.3. The van der Waals surface area contributed by atoms with Crippen LogP contribution in [0.3, 0.4) is 0 Å². The molecule has 0 nitrogen and oxygen atoms in total. The Morgan fingerprint density at radius 1 is 1.22 bits per heavy atom. The third-order valence-electron chi connectivity index (χ3n) is 1.57. The zero-order valence-corrected chi connectivity index (χ0v) is 11.6. The summed E-state index contributed by atoms with van der Waals surface area (Å²) in [6.07, 6.45) is 4.41. The molecule has 0 aromatic carbocycles. The van der Waals surface area contributed by atoms with Gasteiger partial charge in [-0.1, -0.05) is 20.3 Å². The fraction of sp³-hybridized carbons (Fsp3) is 0.500. The standard InChI is InChI=1S/C8H11.Rb/c1-6-4-7(2)8(3)5-6;/h4H2,1-3H3;/q-1;+1. The molecule has 0 aromatic heterocycles. The average Bonchev–Trinajstić information content (AvgIpc) is 1.85. The van der Waals surface area contributed by atoms with Gasteiger partial charge in [0.15, 0.2) is 0 Å². The van der Waals surface area contributed by atoms with Gasteiger partial charge in [0.05, 0.1) is 0 Å². The molecule has 0 radical (unpaired) electrons. The quantitative estimate of drug-likeness (QED) is 0.453.